The molecule has 3 aromatic carbocycles. The molecule has 0 saturated carbocycles. The summed E-state index contributed by atoms with van der Waals surface area (Å²) in [5.41, 5.74) is 3.34. The Hall–Kier alpha value is -4.45. The lowest BCUT2D eigenvalue weighted by atomic mass is 10.1. The van der Waals surface area contributed by atoms with Crippen LogP contribution in [0.25, 0.3) is 23.1 Å². The maximum atomic E-state index is 11.4. The fourth-order valence-corrected chi connectivity index (χ4v) is 3.36. The Balaban J connectivity index is 1.58. The number of rotatable bonds is 7. The summed E-state index contributed by atoms with van der Waals surface area (Å²) in [6, 6.07) is 24.7. The zero-order valence-electron chi connectivity index (χ0n) is 18.9. The molecule has 1 aromatic heterocycles. The normalized spacial score (nSPS) is 10.9. The molecule has 0 aliphatic carbocycles. The monoisotopic (exact) mass is 453 g/mol. The molecule has 0 saturated heterocycles. The van der Waals surface area contributed by atoms with Gasteiger partial charge < -0.3 is 14.2 Å². The Morgan fingerprint density at radius 1 is 0.765 bits per heavy atom. The van der Waals surface area contributed by atoms with Crippen molar-refractivity contribution >= 4 is 35.0 Å². The van der Waals surface area contributed by atoms with Gasteiger partial charge >= 0.3 is 11.9 Å². The van der Waals surface area contributed by atoms with E-state index in [0.717, 1.165) is 27.7 Å². The highest BCUT2D eigenvalue weighted by Crippen LogP contribution is 2.30. The van der Waals surface area contributed by atoms with Crippen molar-refractivity contribution in [2.75, 3.05) is 0 Å². The number of ether oxygens (including phenoxy) is 3. The van der Waals surface area contributed by atoms with Crippen molar-refractivity contribution in [3.63, 3.8) is 0 Å². The zero-order chi connectivity index (χ0) is 23.9. The second-order valence-electron chi connectivity index (χ2n) is 7.57. The summed E-state index contributed by atoms with van der Waals surface area (Å²) in [7, 11) is 0. The molecule has 0 bridgehead atoms. The smallest absolute Gasteiger partial charge is 0.308 e. The lowest BCUT2D eigenvalue weighted by Crippen LogP contribution is -2.07. The summed E-state index contributed by atoms with van der Waals surface area (Å²) in [6.45, 7) is 3.03. The van der Waals surface area contributed by atoms with Crippen LogP contribution < -0.4 is 14.2 Å². The maximum Gasteiger partial charge on any atom is 0.308 e. The molecule has 4 rings (SSSR count). The Kier molecular flexibility index (Phi) is 6.98. The first-order valence-corrected chi connectivity index (χ1v) is 10.7. The molecular weight excluding hydrogens is 430 g/mol. The molecule has 0 atom stereocenters. The molecule has 170 valence electrons. The van der Waals surface area contributed by atoms with Crippen molar-refractivity contribution in [3.8, 4) is 17.2 Å². The fraction of sp³-hybridized carbons (Fsp3) is 0.107. The number of hydrogen-bond acceptors (Lipinski definition) is 6. The highest BCUT2D eigenvalue weighted by molar-refractivity contribution is 5.86. The zero-order valence-corrected chi connectivity index (χ0v) is 18.9. The Morgan fingerprint density at radius 2 is 1.53 bits per heavy atom. The highest BCUT2D eigenvalue weighted by Gasteiger charge is 2.11. The number of carbonyl (C=O) groups is 2. The number of nitrogens with zero attached hydrogens (tertiary/aromatic N) is 1. The third-order valence-corrected chi connectivity index (χ3v) is 4.86. The van der Waals surface area contributed by atoms with Gasteiger partial charge in [0.05, 0.1) is 5.69 Å². The quantitative estimate of drug-likeness (QED) is 0.259. The lowest BCUT2D eigenvalue weighted by molar-refractivity contribution is -0.134. The van der Waals surface area contributed by atoms with Crippen LogP contribution in [0.5, 0.6) is 17.2 Å². The van der Waals surface area contributed by atoms with Gasteiger partial charge in [-0.15, -0.1) is 0 Å². The Labute approximate surface area is 197 Å². The Bertz CT molecular complexity index is 1360. The second kappa shape index (κ2) is 10.4. The lowest BCUT2D eigenvalue weighted by Gasteiger charge is -2.10. The van der Waals surface area contributed by atoms with Crippen LogP contribution in [0, 0.1) is 0 Å². The molecule has 0 fully saturated rings. The van der Waals surface area contributed by atoms with Crippen LogP contribution in [0.1, 0.15) is 30.7 Å². The number of pyridine rings is 1. The van der Waals surface area contributed by atoms with Crippen molar-refractivity contribution in [1.29, 1.82) is 0 Å². The molecule has 34 heavy (non-hydrogen) atoms. The molecule has 6 nitrogen and oxygen atoms in total. The second-order valence-corrected chi connectivity index (χ2v) is 7.57. The molecule has 0 radical (unpaired) electrons. The number of esters is 2. The van der Waals surface area contributed by atoms with Crippen LogP contribution in [0.3, 0.4) is 0 Å². The van der Waals surface area contributed by atoms with Gasteiger partial charge in [0.2, 0.25) is 0 Å². The van der Waals surface area contributed by atoms with Crippen LogP contribution in [-0.2, 0) is 16.2 Å². The van der Waals surface area contributed by atoms with Gasteiger partial charge in [0.25, 0.3) is 0 Å². The van der Waals surface area contributed by atoms with E-state index in [2.05, 4.69) is 0 Å². The van der Waals surface area contributed by atoms with E-state index in [1.165, 1.54) is 13.8 Å². The van der Waals surface area contributed by atoms with Gasteiger partial charge in [-0.3, -0.25) is 9.59 Å². The van der Waals surface area contributed by atoms with Crippen molar-refractivity contribution in [2.45, 2.75) is 20.5 Å². The van der Waals surface area contributed by atoms with Crippen molar-refractivity contribution < 1.29 is 23.8 Å². The third kappa shape index (κ3) is 5.86. The molecule has 0 aliphatic heterocycles. The number of benzene rings is 3. The SMILES string of the molecule is CC(=O)Oc1ccc(C=Cc2ccc3cccc(OCc4ccccc4)c3n2)cc1OC(C)=O. The molecule has 0 amide bonds. The predicted octanol–water partition coefficient (Wildman–Crippen LogP) is 5.83. The first-order valence-electron chi connectivity index (χ1n) is 10.7. The molecule has 1 heterocycles. The molecule has 0 N–H and O–H groups in total. The molecule has 0 aliphatic rings. The van der Waals surface area contributed by atoms with Gasteiger partial charge in [-0.1, -0.05) is 60.7 Å². The number of fused-ring (bicyclic) bond motifs is 1. The minimum atomic E-state index is -0.506. The van der Waals surface area contributed by atoms with Crippen LogP contribution in [0.15, 0.2) is 78.9 Å². The summed E-state index contributed by atoms with van der Waals surface area (Å²) >= 11 is 0. The first kappa shape index (κ1) is 22.7. The van der Waals surface area contributed by atoms with Gasteiger partial charge in [-0.25, -0.2) is 4.98 Å². The number of aromatic nitrogens is 1. The Morgan fingerprint density at radius 3 is 2.29 bits per heavy atom. The topological polar surface area (TPSA) is 74.7 Å². The van der Waals surface area contributed by atoms with E-state index >= 15 is 0 Å². The molecule has 0 spiro atoms. The third-order valence-electron chi connectivity index (χ3n) is 4.86. The van der Waals surface area contributed by atoms with Crippen molar-refractivity contribution in [2.24, 2.45) is 0 Å². The van der Waals surface area contributed by atoms with Gasteiger partial charge in [0.15, 0.2) is 11.5 Å². The van der Waals surface area contributed by atoms with Crippen LogP contribution in [0.2, 0.25) is 0 Å². The van der Waals surface area contributed by atoms with Gasteiger partial charge in [-0.2, -0.15) is 0 Å². The van der Waals surface area contributed by atoms with Crippen molar-refractivity contribution in [3.05, 3.63) is 95.7 Å². The van der Waals surface area contributed by atoms with Crippen LogP contribution >= 0.6 is 0 Å². The van der Waals surface area contributed by atoms with E-state index < -0.39 is 11.9 Å². The highest BCUT2D eigenvalue weighted by atomic mass is 16.6. The van der Waals surface area contributed by atoms with Gasteiger partial charge in [-0.05, 0) is 41.5 Å². The van der Waals surface area contributed by atoms with Gasteiger partial charge in [0.1, 0.15) is 17.9 Å². The summed E-state index contributed by atoms with van der Waals surface area (Å²) in [5.74, 6) is 0.0624. The molecule has 6 heteroatoms. The van der Waals surface area contributed by atoms with E-state index in [-0.39, 0.29) is 11.5 Å². The minimum Gasteiger partial charge on any atom is -0.487 e. The van der Waals surface area contributed by atoms with Gasteiger partial charge in [0, 0.05) is 19.2 Å². The average Bonchev–Trinajstić information content (AvgIpc) is 2.83. The summed E-state index contributed by atoms with van der Waals surface area (Å²) in [4.78, 5) is 27.5. The minimum absolute atomic E-state index is 0.174. The van der Waals surface area contributed by atoms with E-state index in [0.29, 0.717) is 12.4 Å². The largest absolute Gasteiger partial charge is 0.487 e. The summed E-state index contributed by atoms with van der Waals surface area (Å²) < 4.78 is 16.4. The first-order chi connectivity index (χ1) is 16.5. The molecule has 4 aromatic rings. The van der Waals surface area contributed by atoms with Crippen LogP contribution in [-0.4, -0.2) is 16.9 Å². The maximum absolute atomic E-state index is 11.4. The van der Waals surface area contributed by atoms with Crippen LogP contribution in [0.4, 0.5) is 0 Å². The van der Waals surface area contributed by atoms with E-state index in [1.54, 1.807) is 18.2 Å². The molecule has 0 unspecified atom stereocenters. The standard InChI is InChI=1S/C28H23NO5/c1-19(30)33-25-16-12-21(17-27(25)34-20(2)31)11-14-24-15-13-23-9-6-10-26(28(23)29-24)32-18-22-7-4-3-5-8-22/h3-17H,18H2,1-2H3. The fourth-order valence-electron chi connectivity index (χ4n) is 3.36. The summed E-state index contributed by atoms with van der Waals surface area (Å²) in [5, 5.41) is 0.977. The average molecular weight is 453 g/mol. The number of para-hydroxylation sites is 1. The molecular formula is C28H23NO5. The number of carbonyl (C=O) groups excluding carboxylic acids is 2. The van der Waals surface area contributed by atoms with E-state index in [4.69, 9.17) is 19.2 Å². The number of hydrogen-bond donors (Lipinski definition) is 0. The van der Waals surface area contributed by atoms with Crippen molar-refractivity contribution in [1.82, 2.24) is 4.98 Å². The predicted molar refractivity (Wildman–Crippen MR) is 131 cm³/mol. The summed E-state index contributed by atoms with van der Waals surface area (Å²) in [6.07, 6.45) is 3.69. The van der Waals surface area contributed by atoms with E-state index in [1.807, 2.05) is 72.8 Å². The van der Waals surface area contributed by atoms with E-state index in [9.17, 15) is 9.59 Å².